The van der Waals surface area contributed by atoms with Crippen molar-refractivity contribution in [3.8, 4) is 5.75 Å². The molecule has 4 rings (SSSR count). The normalized spacial score (nSPS) is 24.2. The molecular weight excluding hydrogens is 370 g/mol. The molecule has 2 aromatic rings. The summed E-state index contributed by atoms with van der Waals surface area (Å²) in [5, 5.41) is 3.02. The van der Waals surface area contributed by atoms with Crippen molar-refractivity contribution in [2.24, 2.45) is 17.6 Å². The molecule has 140 valence electrons. The fraction of sp³-hybridized carbons (Fsp3) is 0.474. The topological polar surface area (TPSA) is 68.5 Å². The van der Waals surface area contributed by atoms with Crippen LogP contribution >= 0.6 is 23.7 Å². The maximum Gasteiger partial charge on any atom is 0.254 e. The molecule has 3 unspecified atom stereocenters. The van der Waals surface area contributed by atoms with Crippen LogP contribution in [0.3, 0.4) is 0 Å². The Kier molecular flexibility index (Phi) is 5.85. The van der Waals surface area contributed by atoms with E-state index in [0.29, 0.717) is 29.8 Å². The van der Waals surface area contributed by atoms with Crippen LogP contribution in [-0.2, 0) is 6.61 Å². The van der Waals surface area contributed by atoms with Gasteiger partial charge in [0, 0.05) is 30.1 Å². The Balaban J connectivity index is 0.00000196. The molecule has 2 heterocycles. The van der Waals surface area contributed by atoms with E-state index in [1.54, 1.807) is 11.3 Å². The standard InChI is InChI=1S/C19H23N3O2S.ClH/c1-12-21-15(11-25-12)10-24-16-4-2-3-13(7-16)19(23)22-8-14-5-6-18(20)17(14)9-22;/h2-4,7,11,14,17-18H,5-6,8-10,20H2,1H3;1H. The Morgan fingerprint density at radius 2 is 2.23 bits per heavy atom. The first-order valence-electron chi connectivity index (χ1n) is 8.79. The summed E-state index contributed by atoms with van der Waals surface area (Å²) in [7, 11) is 0. The molecule has 2 fully saturated rings. The lowest BCUT2D eigenvalue weighted by Crippen LogP contribution is -2.33. The molecule has 2 N–H and O–H groups in total. The molecule has 7 heteroatoms. The zero-order valence-electron chi connectivity index (χ0n) is 14.8. The molecule has 26 heavy (non-hydrogen) atoms. The Labute approximate surface area is 164 Å². The molecule has 2 aliphatic rings. The molecule has 5 nitrogen and oxygen atoms in total. The predicted molar refractivity (Wildman–Crippen MR) is 105 cm³/mol. The zero-order valence-corrected chi connectivity index (χ0v) is 16.4. The number of likely N-dealkylation sites (tertiary alicyclic amines) is 1. The second-order valence-corrected chi connectivity index (χ2v) is 8.11. The Bertz CT molecular complexity index is 782. The number of thiazole rings is 1. The monoisotopic (exact) mass is 393 g/mol. The highest BCUT2D eigenvalue weighted by molar-refractivity contribution is 7.09. The van der Waals surface area contributed by atoms with Crippen molar-refractivity contribution in [2.45, 2.75) is 32.4 Å². The van der Waals surface area contributed by atoms with E-state index in [1.807, 2.05) is 41.5 Å². The van der Waals surface area contributed by atoms with E-state index in [0.717, 1.165) is 36.6 Å². The van der Waals surface area contributed by atoms with Crippen LogP contribution in [0, 0.1) is 18.8 Å². The average Bonchev–Trinajstić information content (AvgIpc) is 3.31. The third-order valence-electron chi connectivity index (χ3n) is 5.33. The van der Waals surface area contributed by atoms with Crippen LogP contribution in [0.25, 0.3) is 0 Å². The number of aryl methyl sites for hydroxylation is 1. The van der Waals surface area contributed by atoms with Crippen molar-refractivity contribution in [3.63, 3.8) is 0 Å². The Morgan fingerprint density at radius 3 is 2.96 bits per heavy atom. The second kappa shape index (κ2) is 7.94. The van der Waals surface area contributed by atoms with E-state index in [1.165, 1.54) is 0 Å². The van der Waals surface area contributed by atoms with Crippen molar-refractivity contribution < 1.29 is 9.53 Å². The number of hydrogen-bond acceptors (Lipinski definition) is 5. The van der Waals surface area contributed by atoms with E-state index in [-0.39, 0.29) is 24.4 Å². The molecule has 1 aromatic carbocycles. The average molecular weight is 394 g/mol. The quantitative estimate of drug-likeness (QED) is 0.865. The molecule has 1 saturated carbocycles. The summed E-state index contributed by atoms with van der Waals surface area (Å²) < 4.78 is 5.80. The number of benzene rings is 1. The highest BCUT2D eigenvalue weighted by Gasteiger charge is 2.42. The van der Waals surface area contributed by atoms with Gasteiger partial charge in [0.1, 0.15) is 12.4 Å². The molecule has 1 amide bonds. The summed E-state index contributed by atoms with van der Waals surface area (Å²) in [6, 6.07) is 7.69. The lowest BCUT2D eigenvalue weighted by molar-refractivity contribution is 0.0779. The molecule has 3 atom stereocenters. The first-order chi connectivity index (χ1) is 12.1. The first-order valence-corrected chi connectivity index (χ1v) is 9.67. The van der Waals surface area contributed by atoms with E-state index >= 15 is 0 Å². The fourth-order valence-corrected chi connectivity index (χ4v) is 4.60. The number of ether oxygens (including phenoxy) is 1. The van der Waals surface area contributed by atoms with Crippen molar-refractivity contribution in [3.05, 3.63) is 45.9 Å². The molecule has 0 spiro atoms. The summed E-state index contributed by atoms with van der Waals surface area (Å²) in [6.45, 7) is 4.02. The lowest BCUT2D eigenvalue weighted by Gasteiger charge is -2.19. The van der Waals surface area contributed by atoms with Crippen LogP contribution in [0.5, 0.6) is 5.75 Å². The third-order valence-corrected chi connectivity index (χ3v) is 6.16. The number of aromatic nitrogens is 1. The Morgan fingerprint density at radius 1 is 1.38 bits per heavy atom. The van der Waals surface area contributed by atoms with Crippen LogP contribution in [0.15, 0.2) is 29.6 Å². The van der Waals surface area contributed by atoms with Gasteiger partial charge in [-0.3, -0.25) is 4.79 Å². The molecule has 0 radical (unpaired) electrons. The van der Waals surface area contributed by atoms with Gasteiger partial charge in [-0.1, -0.05) is 6.07 Å². The molecular formula is C19H24ClN3O2S. The third kappa shape index (κ3) is 3.87. The summed E-state index contributed by atoms with van der Waals surface area (Å²) in [5.41, 5.74) is 7.78. The van der Waals surface area contributed by atoms with Gasteiger partial charge in [-0.15, -0.1) is 23.7 Å². The number of halogens is 1. The van der Waals surface area contributed by atoms with Crippen LogP contribution in [0.2, 0.25) is 0 Å². The minimum atomic E-state index is 0. The molecule has 1 aliphatic carbocycles. The van der Waals surface area contributed by atoms with Gasteiger partial charge in [-0.2, -0.15) is 0 Å². The second-order valence-electron chi connectivity index (χ2n) is 7.05. The number of amides is 1. The summed E-state index contributed by atoms with van der Waals surface area (Å²) in [4.78, 5) is 19.2. The largest absolute Gasteiger partial charge is 0.487 e. The van der Waals surface area contributed by atoms with Gasteiger partial charge < -0.3 is 15.4 Å². The van der Waals surface area contributed by atoms with Crippen LogP contribution < -0.4 is 10.5 Å². The lowest BCUT2D eigenvalue weighted by atomic mass is 9.98. The number of rotatable bonds is 4. The predicted octanol–water partition coefficient (Wildman–Crippen LogP) is 3.26. The first kappa shape index (κ1) is 19.1. The molecule has 1 aromatic heterocycles. The van der Waals surface area contributed by atoms with E-state index in [2.05, 4.69) is 4.98 Å². The van der Waals surface area contributed by atoms with Crippen LogP contribution in [0.1, 0.15) is 33.9 Å². The molecule has 1 saturated heterocycles. The number of fused-ring (bicyclic) bond motifs is 1. The van der Waals surface area contributed by atoms with Crippen LogP contribution in [0.4, 0.5) is 0 Å². The number of carbonyl (C=O) groups is 1. The van der Waals surface area contributed by atoms with E-state index in [4.69, 9.17) is 10.5 Å². The minimum absolute atomic E-state index is 0. The number of nitrogens with zero attached hydrogens (tertiary/aromatic N) is 2. The van der Waals surface area contributed by atoms with Gasteiger partial charge in [-0.05, 0) is 49.8 Å². The van der Waals surface area contributed by atoms with Gasteiger partial charge in [0.05, 0.1) is 10.7 Å². The van der Waals surface area contributed by atoms with Crippen molar-refractivity contribution in [2.75, 3.05) is 13.1 Å². The van der Waals surface area contributed by atoms with Crippen molar-refractivity contribution in [1.82, 2.24) is 9.88 Å². The molecule has 1 aliphatic heterocycles. The van der Waals surface area contributed by atoms with Crippen molar-refractivity contribution >= 4 is 29.7 Å². The fourth-order valence-electron chi connectivity index (χ4n) is 4.01. The van der Waals surface area contributed by atoms with Gasteiger partial charge >= 0.3 is 0 Å². The SMILES string of the molecule is Cc1nc(COc2cccc(C(=O)N3CC4CCC(N)C4C3)c2)cs1.Cl. The number of hydrogen-bond donors (Lipinski definition) is 1. The number of carbonyl (C=O) groups excluding carboxylic acids is 1. The molecule has 0 bridgehead atoms. The van der Waals surface area contributed by atoms with E-state index in [9.17, 15) is 4.79 Å². The van der Waals surface area contributed by atoms with Gasteiger partial charge in [0.25, 0.3) is 5.91 Å². The van der Waals surface area contributed by atoms with Crippen LogP contribution in [-0.4, -0.2) is 34.9 Å². The van der Waals surface area contributed by atoms with Gasteiger partial charge in [0.2, 0.25) is 0 Å². The maximum atomic E-state index is 12.8. The minimum Gasteiger partial charge on any atom is -0.487 e. The maximum absolute atomic E-state index is 12.8. The summed E-state index contributed by atoms with van der Waals surface area (Å²) in [5.74, 6) is 1.83. The number of nitrogens with two attached hydrogens (primary N) is 1. The highest BCUT2D eigenvalue weighted by Crippen LogP contribution is 2.37. The highest BCUT2D eigenvalue weighted by atomic mass is 35.5. The Hall–Kier alpha value is -1.63. The smallest absolute Gasteiger partial charge is 0.254 e. The van der Waals surface area contributed by atoms with E-state index < -0.39 is 0 Å². The summed E-state index contributed by atoms with van der Waals surface area (Å²) in [6.07, 6.45) is 2.24. The summed E-state index contributed by atoms with van der Waals surface area (Å²) >= 11 is 1.61. The van der Waals surface area contributed by atoms with Gasteiger partial charge in [-0.25, -0.2) is 4.98 Å². The van der Waals surface area contributed by atoms with Gasteiger partial charge in [0.15, 0.2) is 0 Å². The zero-order chi connectivity index (χ0) is 17.4. The van der Waals surface area contributed by atoms with Crippen molar-refractivity contribution in [1.29, 1.82) is 0 Å².